The smallest absolute Gasteiger partial charge is 0.238 e. The Hall–Kier alpha value is -2.44. The highest BCUT2D eigenvalue weighted by Gasteiger charge is 2.36. The Morgan fingerprint density at radius 3 is 2.40 bits per heavy atom. The lowest BCUT2D eigenvalue weighted by atomic mass is 10.0. The van der Waals surface area contributed by atoms with Gasteiger partial charge in [-0.3, -0.25) is 14.5 Å². The van der Waals surface area contributed by atoms with E-state index in [2.05, 4.69) is 16.7 Å². The van der Waals surface area contributed by atoms with Crippen LogP contribution in [0, 0.1) is 23.2 Å². The van der Waals surface area contributed by atoms with Crippen LogP contribution in [0.3, 0.4) is 0 Å². The third-order valence-electron chi connectivity index (χ3n) is 5.65. The Morgan fingerprint density at radius 1 is 1.20 bits per heavy atom. The van der Waals surface area contributed by atoms with Gasteiger partial charge in [-0.05, 0) is 36.8 Å². The first kappa shape index (κ1) is 22.2. The Labute approximate surface area is 177 Å². The molecule has 1 aromatic carbocycles. The standard InChI is InChI=1S/C21H28N4O4S/c1-15(24-21(27)19(12-22)18-6-7-18)17-4-2-16(3-5-17)13-23-20(26)14-25-8-10-30(28,29)11-9-25/h2-5,15,18-19H,6-11,13-14H2,1H3,(H,23,26)(H,24,27). The van der Waals surface area contributed by atoms with Crippen molar-refractivity contribution >= 4 is 21.7 Å². The van der Waals surface area contributed by atoms with E-state index in [1.165, 1.54) is 0 Å². The van der Waals surface area contributed by atoms with E-state index >= 15 is 0 Å². The zero-order chi connectivity index (χ0) is 21.7. The summed E-state index contributed by atoms with van der Waals surface area (Å²) in [5.41, 5.74) is 1.86. The van der Waals surface area contributed by atoms with Crippen molar-refractivity contribution in [3.8, 4) is 6.07 Å². The topological polar surface area (TPSA) is 119 Å². The molecule has 1 aliphatic carbocycles. The van der Waals surface area contributed by atoms with E-state index in [1.54, 1.807) is 0 Å². The van der Waals surface area contributed by atoms with E-state index in [1.807, 2.05) is 36.1 Å². The lowest BCUT2D eigenvalue weighted by Crippen LogP contribution is -2.45. The molecule has 0 bridgehead atoms. The number of hydrogen-bond acceptors (Lipinski definition) is 6. The number of carbonyl (C=O) groups excluding carboxylic acids is 2. The Bertz CT molecular complexity index is 905. The zero-order valence-electron chi connectivity index (χ0n) is 17.1. The van der Waals surface area contributed by atoms with Gasteiger partial charge in [0.05, 0.1) is 30.2 Å². The third-order valence-corrected chi connectivity index (χ3v) is 7.26. The molecule has 0 aromatic heterocycles. The van der Waals surface area contributed by atoms with Gasteiger partial charge in [-0.15, -0.1) is 0 Å². The van der Waals surface area contributed by atoms with E-state index in [0.29, 0.717) is 19.6 Å². The van der Waals surface area contributed by atoms with Crippen molar-refractivity contribution in [1.82, 2.24) is 15.5 Å². The maximum atomic E-state index is 12.3. The molecule has 1 saturated heterocycles. The lowest BCUT2D eigenvalue weighted by Gasteiger charge is -2.25. The van der Waals surface area contributed by atoms with Gasteiger partial charge in [0.25, 0.3) is 0 Å². The second-order valence-corrected chi connectivity index (χ2v) is 10.4. The summed E-state index contributed by atoms with van der Waals surface area (Å²) in [5.74, 6) is -0.515. The molecule has 8 nitrogen and oxygen atoms in total. The zero-order valence-corrected chi connectivity index (χ0v) is 18.0. The highest BCUT2D eigenvalue weighted by molar-refractivity contribution is 7.91. The van der Waals surface area contributed by atoms with Crippen molar-refractivity contribution in [2.45, 2.75) is 32.4 Å². The first-order chi connectivity index (χ1) is 14.3. The molecule has 2 fully saturated rings. The minimum absolute atomic E-state index is 0.103. The molecule has 0 radical (unpaired) electrons. The predicted octanol–water partition coefficient (Wildman–Crippen LogP) is 0.760. The van der Waals surface area contributed by atoms with Crippen LogP contribution in [0.5, 0.6) is 0 Å². The Morgan fingerprint density at radius 2 is 1.83 bits per heavy atom. The van der Waals surface area contributed by atoms with E-state index in [0.717, 1.165) is 24.0 Å². The number of rotatable bonds is 8. The minimum Gasteiger partial charge on any atom is -0.351 e. The largest absolute Gasteiger partial charge is 0.351 e. The average molecular weight is 433 g/mol. The molecule has 162 valence electrons. The lowest BCUT2D eigenvalue weighted by molar-refractivity contribution is -0.124. The van der Waals surface area contributed by atoms with Gasteiger partial charge in [-0.2, -0.15) is 5.26 Å². The van der Waals surface area contributed by atoms with Crippen LogP contribution in [0.4, 0.5) is 0 Å². The second kappa shape index (κ2) is 9.58. The van der Waals surface area contributed by atoms with Crippen molar-refractivity contribution in [1.29, 1.82) is 5.26 Å². The summed E-state index contributed by atoms with van der Waals surface area (Å²) in [7, 11) is -2.95. The number of amides is 2. The van der Waals surface area contributed by atoms with Crippen molar-refractivity contribution in [2.75, 3.05) is 31.1 Å². The van der Waals surface area contributed by atoms with Gasteiger partial charge in [0.1, 0.15) is 5.92 Å². The summed E-state index contributed by atoms with van der Waals surface area (Å²) in [6.07, 6.45) is 1.88. The van der Waals surface area contributed by atoms with Gasteiger partial charge in [0.15, 0.2) is 9.84 Å². The summed E-state index contributed by atoms with van der Waals surface area (Å²) in [6.45, 7) is 3.24. The molecule has 1 heterocycles. The summed E-state index contributed by atoms with van der Waals surface area (Å²) in [5, 5.41) is 14.9. The molecule has 9 heteroatoms. The average Bonchev–Trinajstić information content (AvgIpc) is 3.54. The highest BCUT2D eigenvalue weighted by Crippen LogP contribution is 2.36. The SMILES string of the molecule is CC(NC(=O)C(C#N)C1CC1)c1ccc(CNC(=O)CN2CCS(=O)(=O)CC2)cc1. The summed E-state index contributed by atoms with van der Waals surface area (Å²) in [6, 6.07) is 9.50. The molecule has 3 rings (SSSR count). The number of nitrogens with zero attached hydrogens (tertiary/aromatic N) is 2. The van der Waals surface area contributed by atoms with Gasteiger partial charge in [0.2, 0.25) is 11.8 Å². The van der Waals surface area contributed by atoms with Crippen molar-refractivity contribution < 1.29 is 18.0 Å². The van der Waals surface area contributed by atoms with Crippen LogP contribution in [-0.4, -0.2) is 56.3 Å². The molecular weight excluding hydrogens is 404 g/mol. The van der Waals surface area contributed by atoms with Crippen molar-refractivity contribution in [3.05, 3.63) is 35.4 Å². The van der Waals surface area contributed by atoms with Crippen molar-refractivity contribution in [2.24, 2.45) is 11.8 Å². The first-order valence-electron chi connectivity index (χ1n) is 10.3. The number of nitrogens with one attached hydrogen (secondary N) is 2. The molecule has 0 spiro atoms. The van der Waals surface area contributed by atoms with Crippen LogP contribution in [0.1, 0.15) is 36.9 Å². The van der Waals surface area contributed by atoms with Crippen LogP contribution in [0.25, 0.3) is 0 Å². The maximum absolute atomic E-state index is 12.3. The Kier molecular flexibility index (Phi) is 7.10. The molecule has 1 aromatic rings. The summed E-state index contributed by atoms with van der Waals surface area (Å²) < 4.78 is 22.9. The molecule has 30 heavy (non-hydrogen) atoms. The predicted molar refractivity (Wildman–Crippen MR) is 112 cm³/mol. The van der Waals surface area contributed by atoms with Gasteiger partial charge in [-0.25, -0.2) is 8.42 Å². The number of hydrogen-bond donors (Lipinski definition) is 2. The van der Waals surface area contributed by atoms with Gasteiger partial charge >= 0.3 is 0 Å². The fraction of sp³-hybridized carbons (Fsp3) is 0.571. The normalized spacial score (nSPS) is 20.5. The van der Waals surface area contributed by atoms with E-state index in [-0.39, 0.29) is 41.8 Å². The first-order valence-corrected chi connectivity index (χ1v) is 12.1. The fourth-order valence-electron chi connectivity index (χ4n) is 3.49. The molecule has 2 N–H and O–H groups in total. The monoisotopic (exact) mass is 432 g/mol. The van der Waals surface area contributed by atoms with Crippen LogP contribution < -0.4 is 10.6 Å². The molecule has 1 aliphatic heterocycles. The van der Waals surface area contributed by atoms with Crippen molar-refractivity contribution in [3.63, 3.8) is 0 Å². The molecule has 1 saturated carbocycles. The number of benzene rings is 1. The maximum Gasteiger partial charge on any atom is 0.238 e. The van der Waals surface area contributed by atoms with Crippen LogP contribution in [0.2, 0.25) is 0 Å². The van der Waals surface area contributed by atoms with E-state index in [9.17, 15) is 23.3 Å². The van der Waals surface area contributed by atoms with Gasteiger partial charge in [0, 0.05) is 19.6 Å². The highest BCUT2D eigenvalue weighted by atomic mass is 32.2. The second-order valence-electron chi connectivity index (χ2n) is 8.12. The van der Waals surface area contributed by atoms with Crippen LogP contribution >= 0.6 is 0 Å². The van der Waals surface area contributed by atoms with E-state index in [4.69, 9.17) is 0 Å². The number of sulfone groups is 1. The Balaban J connectivity index is 1.43. The van der Waals surface area contributed by atoms with Crippen LogP contribution in [0.15, 0.2) is 24.3 Å². The van der Waals surface area contributed by atoms with Crippen LogP contribution in [-0.2, 0) is 26.0 Å². The van der Waals surface area contributed by atoms with Gasteiger partial charge < -0.3 is 10.6 Å². The van der Waals surface area contributed by atoms with E-state index < -0.39 is 15.8 Å². The molecular formula is C21H28N4O4S. The minimum atomic E-state index is -2.95. The molecule has 2 atom stereocenters. The summed E-state index contributed by atoms with van der Waals surface area (Å²) >= 11 is 0. The molecule has 2 aliphatic rings. The number of nitriles is 1. The molecule has 2 unspecified atom stereocenters. The fourth-order valence-corrected chi connectivity index (χ4v) is 4.76. The summed E-state index contributed by atoms with van der Waals surface area (Å²) in [4.78, 5) is 26.2. The third kappa shape index (κ3) is 6.28. The number of carbonyl (C=O) groups is 2. The van der Waals surface area contributed by atoms with Gasteiger partial charge in [-0.1, -0.05) is 24.3 Å². The molecule has 2 amide bonds. The quantitative estimate of drug-likeness (QED) is 0.626.